The average molecular weight is 334 g/mol. The minimum atomic E-state index is -0.322. The van der Waals surface area contributed by atoms with Crippen molar-refractivity contribution in [3.8, 4) is 11.1 Å². The van der Waals surface area contributed by atoms with Crippen molar-refractivity contribution in [3.63, 3.8) is 0 Å². The van der Waals surface area contributed by atoms with E-state index in [-0.39, 0.29) is 17.5 Å². The Morgan fingerprint density at radius 2 is 1.88 bits per heavy atom. The third-order valence-electron chi connectivity index (χ3n) is 5.90. The first-order valence-corrected chi connectivity index (χ1v) is 9.34. The van der Waals surface area contributed by atoms with Crippen molar-refractivity contribution in [1.82, 2.24) is 10.2 Å². The molecule has 0 bridgehead atoms. The van der Waals surface area contributed by atoms with E-state index < -0.39 is 0 Å². The molecule has 2 aliphatic heterocycles. The predicted octanol–water partition coefficient (Wildman–Crippen LogP) is 3.94. The Labute approximate surface area is 150 Å². The first kappa shape index (κ1) is 16.3. The van der Waals surface area contributed by atoms with Gasteiger partial charge in [0.1, 0.15) is 5.54 Å². The number of likely N-dealkylation sites (tertiary alicyclic amines) is 1. The maximum Gasteiger partial charge on any atom is 0.242 e. The Kier molecular flexibility index (Phi) is 4.12. The summed E-state index contributed by atoms with van der Waals surface area (Å²) in [6.07, 6.45) is 3.95. The number of amides is 1. The summed E-state index contributed by atoms with van der Waals surface area (Å²) in [5, 5.41) is 3.67. The van der Waals surface area contributed by atoms with Crippen LogP contribution in [0, 0.1) is 0 Å². The molecule has 2 aromatic rings. The number of rotatable bonds is 3. The van der Waals surface area contributed by atoms with E-state index in [2.05, 4.69) is 60.8 Å². The molecule has 1 N–H and O–H groups in total. The van der Waals surface area contributed by atoms with Crippen LogP contribution >= 0.6 is 0 Å². The van der Waals surface area contributed by atoms with Crippen molar-refractivity contribution in [2.45, 2.75) is 44.2 Å². The van der Waals surface area contributed by atoms with Gasteiger partial charge in [0.25, 0.3) is 0 Å². The van der Waals surface area contributed by atoms with Crippen molar-refractivity contribution >= 4 is 5.91 Å². The molecular weight excluding hydrogens is 308 g/mol. The van der Waals surface area contributed by atoms with Gasteiger partial charge in [0, 0.05) is 19.6 Å². The van der Waals surface area contributed by atoms with Crippen LogP contribution in [0.15, 0.2) is 48.5 Å². The van der Waals surface area contributed by atoms with E-state index in [1.54, 1.807) is 0 Å². The molecule has 3 heteroatoms. The van der Waals surface area contributed by atoms with Crippen molar-refractivity contribution < 1.29 is 4.79 Å². The number of aryl methyl sites for hydroxylation is 1. The van der Waals surface area contributed by atoms with E-state index in [0.29, 0.717) is 0 Å². The summed E-state index contributed by atoms with van der Waals surface area (Å²) in [4.78, 5) is 14.4. The summed E-state index contributed by atoms with van der Waals surface area (Å²) in [6.45, 7) is 3.05. The molecule has 0 saturated carbocycles. The van der Waals surface area contributed by atoms with Crippen molar-refractivity contribution in [2.75, 3.05) is 13.6 Å². The zero-order valence-corrected chi connectivity index (χ0v) is 15.1. The number of hydrogen-bond donors (Lipinski definition) is 1. The van der Waals surface area contributed by atoms with E-state index in [0.717, 1.165) is 32.2 Å². The van der Waals surface area contributed by atoms with Crippen molar-refractivity contribution in [1.29, 1.82) is 0 Å². The largest absolute Gasteiger partial charge is 0.344 e. The second-order valence-corrected chi connectivity index (χ2v) is 7.47. The molecule has 25 heavy (non-hydrogen) atoms. The average Bonchev–Trinajstić information content (AvgIpc) is 3.22. The molecule has 2 aliphatic rings. The van der Waals surface area contributed by atoms with Gasteiger partial charge in [-0.25, -0.2) is 0 Å². The van der Waals surface area contributed by atoms with Crippen molar-refractivity contribution in [2.24, 2.45) is 0 Å². The van der Waals surface area contributed by atoms with Crippen LogP contribution in [-0.2, 0) is 11.2 Å². The Hall–Kier alpha value is -2.13. The molecule has 0 radical (unpaired) electrons. The molecule has 3 nitrogen and oxygen atoms in total. The van der Waals surface area contributed by atoms with Crippen LogP contribution < -0.4 is 5.32 Å². The molecule has 2 fully saturated rings. The van der Waals surface area contributed by atoms with Crippen LogP contribution in [0.25, 0.3) is 11.1 Å². The Morgan fingerprint density at radius 1 is 1.12 bits per heavy atom. The van der Waals surface area contributed by atoms with Crippen LogP contribution in [0.3, 0.4) is 0 Å². The van der Waals surface area contributed by atoms with Crippen molar-refractivity contribution in [3.05, 3.63) is 59.7 Å². The molecule has 130 valence electrons. The first-order valence-electron chi connectivity index (χ1n) is 9.34. The van der Waals surface area contributed by atoms with E-state index in [4.69, 9.17) is 0 Å². The quantitative estimate of drug-likeness (QED) is 0.922. The van der Waals surface area contributed by atoms with E-state index in [9.17, 15) is 4.79 Å². The zero-order valence-electron chi connectivity index (χ0n) is 15.1. The number of carbonyl (C=O) groups is 1. The van der Waals surface area contributed by atoms with Crippen LogP contribution in [0.5, 0.6) is 0 Å². The molecule has 0 unspecified atom stereocenters. The molecule has 2 heterocycles. The highest BCUT2D eigenvalue weighted by Crippen LogP contribution is 2.39. The maximum absolute atomic E-state index is 12.5. The van der Waals surface area contributed by atoms with Gasteiger partial charge in [0.2, 0.25) is 5.91 Å². The summed E-state index contributed by atoms with van der Waals surface area (Å²) < 4.78 is 0. The fraction of sp³-hybridized carbons (Fsp3) is 0.409. The molecule has 0 aromatic heterocycles. The lowest BCUT2D eigenvalue weighted by Crippen LogP contribution is -2.47. The van der Waals surface area contributed by atoms with Gasteiger partial charge in [0.05, 0.1) is 0 Å². The van der Waals surface area contributed by atoms with E-state index in [1.807, 2.05) is 11.9 Å². The topological polar surface area (TPSA) is 32.3 Å². The van der Waals surface area contributed by atoms with Crippen LogP contribution in [0.4, 0.5) is 0 Å². The smallest absolute Gasteiger partial charge is 0.242 e. The lowest BCUT2D eigenvalue weighted by Gasteiger charge is -2.23. The van der Waals surface area contributed by atoms with Gasteiger partial charge in [0.15, 0.2) is 0 Å². The van der Waals surface area contributed by atoms with E-state index in [1.165, 1.54) is 22.3 Å². The Morgan fingerprint density at radius 3 is 2.60 bits per heavy atom. The fourth-order valence-corrected chi connectivity index (χ4v) is 4.32. The predicted molar refractivity (Wildman–Crippen MR) is 101 cm³/mol. The Balaban J connectivity index is 1.59. The second kappa shape index (κ2) is 6.30. The van der Waals surface area contributed by atoms with Gasteiger partial charge in [-0.1, -0.05) is 49.4 Å². The summed E-state index contributed by atoms with van der Waals surface area (Å²) in [7, 11) is 1.91. The molecule has 1 amide bonds. The van der Waals surface area contributed by atoms with Gasteiger partial charge in [-0.15, -0.1) is 0 Å². The number of likely N-dealkylation sites (N-methyl/N-ethyl adjacent to an activating group) is 1. The molecular formula is C22H26N2O. The van der Waals surface area contributed by atoms with Gasteiger partial charge >= 0.3 is 0 Å². The molecule has 2 atom stereocenters. The number of hydrogen-bond acceptors (Lipinski definition) is 2. The molecule has 4 rings (SSSR count). The summed E-state index contributed by atoms with van der Waals surface area (Å²) >= 11 is 0. The molecule has 2 saturated heterocycles. The number of carbonyl (C=O) groups excluding carboxylic acids is 1. The zero-order chi connectivity index (χ0) is 17.4. The second-order valence-electron chi connectivity index (χ2n) is 7.47. The molecule has 1 spiro atoms. The van der Waals surface area contributed by atoms with E-state index >= 15 is 0 Å². The lowest BCUT2D eigenvalue weighted by atomic mass is 9.95. The van der Waals surface area contributed by atoms with Gasteiger partial charge < -0.3 is 4.90 Å². The highest BCUT2D eigenvalue weighted by molar-refractivity contribution is 5.88. The molecule has 0 aliphatic carbocycles. The number of benzene rings is 2. The fourth-order valence-electron chi connectivity index (χ4n) is 4.32. The lowest BCUT2D eigenvalue weighted by molar-refractivity contribution is -0.131. The standard InChI is InChI=1S/C22H26N2O/c1-3-16-6-4-7-17(14-16)18-8-5-9-19(15-18)20-10-11-22(23-20)12-13-24(2)21(22)25/h4-9,14-15,20,23H,3,10-13H2,1-2H3/t20-,22+/m1/s1. The monoisotopic (exact) mass is 334 g/mol. The number of nitrogens with one attached hydrogen (secondary N) is 1. The minimum absolute atomic E-state index is 0.266. The van der Waals surface area contributed by atoms with Crippen LogP contribution in [0.2, 0.25) is 0 Å². The van der Waals surface area contributed by atoms with Crippen LogP contribution in [-0.4, -0.2) is 29.9 Å². The summed E-state index contributed by atoms with van der Waals surface area (Å²) in [6, 6.07) is 17.8. The van der Waals surface area contributed by atoms with Crippen LogP contribution in [0.1, 0.15) is 43.4 Å². The SMILES string of the molecule is CCc1cccc(-c2cccc([C@H]3CC[C@@]4(CCN(C)C4=O)N3)c2)c1. The Bertz CT molecular complexity index is 800. The highest BCUT2D eigenvalue weighted by atomic mass is 16.2. The first-order chi connectivity index (χ1) is 12.1. The summed E-state index contributed by atoms with van der Waals surface area (Å²) in [5.74, 6) is 0.266. The number of nitrogens with zero attached hydrogens (tertiary/aromatic N) is 1. The summed E-state index contributed by atoms with van der Waals surface area (Å²) in [5.41, 5.74) is 4.85. The third-order valence-corrected chi connectivity index (χ3v) is 5.90. The normalized spacial score (nSPS) is 25.9. The minimum Gasteiger partial charge on any atom is -0.344 e. The van der Waals surface area contributed by atoms with Gasteiger partial charge in [-0.2, -0.15) is 0 Å². The maximum atomic E-state index is 12.5. The molecule has 2 aromatic carbocycles. The van der Waals surface area contributed by atoms with Gasteiger partial charge in [-0.3, -0.25) is 10.1 Å². The highest BCUT2D eigenvalue weighted by Gasteiger charge is 2.49. The third kappa shape index (κ3) is 2.87. The van der Waals surface area contributed by atoms with Gasteiger partial charge in [-0.05, 0) is 54.0 Å².